The van der Waals surface area contributed by atoms with Crippen molar-refractivity contribution in [2.75, 3.05) is 5.75 Å². The third kappa shape index (κ3) is 4.31. The first-order valence-corrected chi connectivity index (χ1v) is 7.50. The molecule has 0 aliphatic carbocycles. The molecule has 0 heterocycles. The number of carboxylic acids is 1. The lowest BCUT2D eigenvalue weighted by molar-refractivity contribution is -0.117. The Morgan fingerprint density at radius 1 is 1.24 bits per heavy atom. The molecule has 0 unspecified atom stereocenters. The lowest BCUT2D eigenvalue weighted by atomic mass is 10.2. The maximum Gasteiger partial charge on any atom is 0.337 e. The third-order valence-electron chi connectivity index (χ3n) is 2.15. The van der Waals surface area contributed by atoms with E-state index in [2.05, 4.69) is 5.73 Å². The predicted molar refractivity (Wildman–Crippen MR) is 73.2 cm³/mol. The van der Waals surface area contributed by atoms with Gasteiger partial charge in [0.1, 0.15) is 5.75 Å². The molecule has 0 aliphatic rings. The predicted octanol–water partition coefficient (Wildman–Crippen LogP) is 0.660. The smallest absolute Gasteiger partial charge is 0.337 e. The number of aromatic carboxylic acids is 1. The first-order chi connectivity index (χ1) is 9.54. The number of imide groups is 1. The van der Waals surface area contributed by atoms with Crippen molar-refractivity contribution >= 4 is 50.9 Å². The van der Waals surface area contributed by atoms with Crippen molar-refractivity contribution in [3.05, 3.63) is 27.7 Å². The molecule has 1 aromatic rings. The number of carbonyl (C=O) groups is 3. The number of hydrogen-bond acceptors (Lipinski definition) is 5. The van der Waals surface area contributed by atoms with Crippen LogP contribution in [0.25, 0.3) is 0 Å². The molecule has 1 rings (SSSR count). The van der Waals surface area contributed by atoms with E-state index < -0.39 is 49.0 Å². The number of urea groups is 1. The molecule has 11 heteroatoms. The summed E-state index contributed by atoms with van der Waals surface area (Å²) in [5, 5.41) is 9.70. The van der Waals surface area contributed by atoms with Gasteiger partial charge in [-0.3, -0.25) is 10.1 Å². The highest BCUT2D eigenvalue weighted by Gasteiger charge is 2.26. The average molecular weight is 355 g/mol. The normalized spacial score (nSPS) is 11.0. The van der Waals surface area contributed by atoms with Crippen molar-refractivity contribution in [2.45, 2.75) is 4.90 Å². The van der Waals surface area contributed by atoms with Crippen molar-refractivity contribution in [2.24, 2.45) is 5.73 Å². The number of sulfone groups is 1. The molecule has 0 aromatic heterocycles. The van der Waals surface area contributed by atoms with Crippen LogP contribution in [0.5, 0.6) is 0 Å². The Balaban J connectivity index is 3.29. The van der Waals surface area contributed by atoms with Gasteiger partial charge < -0.3 is 10.8 Å². The summed E-state index contributed by atoms with van der Waals surface area (Å²) < 4.78 is 24.0. The Hall–Kier alpha value is -1.84. The summed E-state index contributed by atoms with van der Waals surface area (Å²) in [5.41, 5.74) is 4.15. The Labute approximate surface area is 128 Å². The number of nitrogens with two attached hydrogens (primary N) is 1. The van der Waals surface area contributed by atoms with Gasteiger partial charge in [0, 0.05) is 5.02 Å². The van der Waals surface area contributed by atoms with Gasteiger partial charge in [0.25, 0.3) is 0 Å². The van der Waals surface area contributed by atoms with Crippen molar-refractivity contribution in [3.8, 4) is 0 Å². The number of carboxylic acid groups (broad SMARTS) is 1. The molecule has 21 heavy (non-hydrogen) atoms. The van der Waals surface area contributed by atoms with E-state index in [1.165, 1.54) is 0 Å². The summed E-state index contributed by atoms with van der Waals surface area (Å²) in [4.78, 5) is 32.1. The maximum atomic E-state index is 12.0. The summed E-state index contributed by atoms with van der Waals surface area (Å²) in [6.45, 7) is 0. The van der Waals surface area contributed by atoms with Crippen LogP contribution in [0, 0.1) is 0 Å². The second kappa shape index (κ2) is 6.29. The first-order valence-electron chi connectivity index (χ1n) is 5.09. The topological polar surface area (TPSA) is 144 Å². The average Bonchev–Trinajstić information content (AvgIpc) is 2.29. The summed E-state index contributed by atoms with van der Waals surface area (Å²) >= 11 is 11.3. The van der Waals surface area contributed by atoms with Crippen molar-refractivity contribution in [1.82, 2.24) is 5.32 Å². The van der Waals surface area contributed by atoms with Gasteiger partial charge >= 0.3 is 12.0 Å². The van der Waals surface area contributed by atoms with E-state index in [0.717, 1.165) is 12.1 Å². The Bertz CT molecular complexity index is 731. The Morgan fingerprint density at radius 2 is 1.81 bits per heavy atom. The fourth-order valence-electron chi connectivity index (χ4n) is 1.37. The van der Waals surface area contributed by atoms with Crippen molar-refractivity contribution in [3.63, 3.8) is 0 Å². The van der Waals surface area contributed by atoms with Gasteiger partial charge in [-0.1, -0.05) is 23.2 Å². The van der Waals surface area contributed by atoms with E-state index in [1.54, 1.807) is 5.32 Å². The van der Waals surface area contributed by atoms with Crippen LogP contribution in [0.2, 0.25) is 10.0 Å². The molecule has 8 nitrogen and oxygen atoms in total. The monoisotopic (exact) mass is 354 g/mol. The summed E-state index contributed by atoms with van der Waals surface area (Å²) in [6, 6.07) is 0.649. The number of rotatable bonds is 4. The second-order valence-electron chi connectivity index (χ2n) is 3.74. The number of carbonyl (C=O) groups excluding carboxylic acids is 2. The van der Waals surface area contributed by atoms with Crippen LogP contribution >= 0.6 is 23.2 Å². The van der Waals surface area contributed by atoms with Crippen LogP contribution in [0.3, 0.4) is 0 Å². The largest absolute Gasteiger partial charge is 0.478 e. The maximum absolute atomic E-state index is 12.0. The van der Waals surface area contributed by atoms with Crippen LogP contribution in [-0.2, 0) is 14.6 Å². The molecule has 1 aromatic carbocycles. The van der Waals surface area contributed by atoms with Gasteiger partial charge in [0.2, 0.25) is 5.91 Å². The minimum atomic E-state index is -4.31. The highest BCUT2D eigenvalue weighted by Crippen LogP contribution is 2.30. The number of nitrogens with one attached hydrogen (secondary N) is 1. The molecule has 114 valence electrons. The van der Waals surface area contributed by atoms with Crippen molar-refractivity contribution in [1.29, 1.82) is 0 Å². The van der Waals surface area contributed by atoms with Crippen LogP contribution < -0.4 is 11.1 Å². The standard InChI is InChI=1S/C10H8Cl2N2O6S/c11-4-1-5(9(16)17)8(12)6(2-4)21(19,20)3-7(15)14-10(13)18/h1-2H,3H2,(H,16,17)(H3,13,14,15,18). The number of benzene rings is 1. The molecule has 0 saturated carbocycles. The molecule has 0 fully saturated rings. The molecule has 4 N–H and O–H groups in total. The van der Waals surface area contributed by atoms with Gasteiger partial charge in [-0.25, -0.2) is 18.0 Å². The van der Waals surface area contributed by atoms with Crippen molar-refractivity contribution < 1.29 is 27.9 Å². The van der Waals surface area contributed by atoms with Gasteiger partial charge in [0.05, 0.1) is 15.5 Å². The first kappa shape index (κ1) is 17.2. The zero-order valence-corrected chi connectivity index (χ0v) is 12.4. The number of primary amides is 1. The molecule has 3 amide bonds. The number of hydrogen-bond donors (Lipinski definition) is 3. The SMILES string of the molecule is NC(=O)NC(=O)CS(=O)(=O)c1cc(Cl)cc(C(=O)O)c1Cl. The minimum absolute atomic E-state index is 0.189. The fraction of sp³-hybridized carbons (Fsp3) is 0.100. The quantitative estimate of drug-likeness (QED) is 0.724. The Morgan fingerprint density at radius 3 is 2.29 bits per heavy atom. The van der Waals surface area contributed by atoms with Crippen LogP contribution in [0.4, 0.5) is 4.79 Å². The molecule has 0 aliphatic heterocycles. The highest BCUT2D eigenvalue weighted by molar-refractivity contribution is 7.92. The zero-order chi connectivity index (χ0) is 16.4. The number of halogens is 2. The summed E-state index contributed by atoms with van der Waals surface area (Å²) in [7, 11) is -4.31. The second-order valence-corrected chi connectivity index (χ2v) is 6.51. The zero-order valence-electron chi connectivity index (χ0n) is 10.1. The molecular formula is C10H8Cl2N2O6S. The van der Waals surface area contributed by atoms with E-state index in [0.29, 0.717) is 0 Å². The van der Waals surface area contributed by atoms with E-state index in [-0.39, 0.29) is 5.02 Å². The van der Waals surface area contributed by atoms with E-state index in [1.807, 2.05) is 0 Å². The molecule has 0 atom stereocenters. The van der Waals surface area contributed by atoms with Gasteiger partial charge in [-0.15, -0.1) is 0 Å². The van der Waals surface area contributed by atoms with Gasteiger partial charge in [-0.2, -0.15) is 0 Å². The third-order valence-corrected chi connectivity index (χ3v) is 4.53. The molecule has 0 radical (unpaired) electrons. The van der Waals surface area contributed by atoms with Crippen LogP contribution in [0.15, 0.2) is 17.0 Å². The molecular weight excluding hydrogens is 347 g/mol. The van der Waals surface area contributed by atoms with Crippen LogP contribution in [0.1, 0.15) is 10.4 Å². The lowest BCUT2D eigenvalue weighted by Crippen LogP contribution is -2.38. The van der Waals surface area contributed by atoms with Crippen LogP contribution in [-0.4, -0.2) is 37.2 Å². The van der Waals surface area contributed by atoms with E-state index in [4.69, 9.17) is 28.3 Å². The summed E-state index contributed by atoms with van der Waals surface area (Å²) in [6.07, 6.45) is 0. The minimum Gasteiger partial charge on any atom is -0.478 e. The van der Waals surface area contributed by atoms with Gasteiger partial charge in [0.15, 0.2) is 9.84 Å². The van der Waals surface area contributed by atoms with E-state index >= 15 is 0 Å². The fourth-order valence-corrected chi connectivity index (χ4v) is 3.46. The molecule has 0 spiro atoms. The summed E-state index contributed by atoms with van der Waals surface area (Å²) in [5.74, 6) is -3.81. The van der Waals surface area contributed by atoms with Gasteiger partial charge in [-0.05, 0) is 12.1 Å². The molecule has 0 bridgehead atoms. The highest BCUT2D eigenvalue weighted by atomic mass is 35.5. The number of amides is 3. The Kier molecular flexibility index (Phi) is 5.15. The molecule has 0 saturated heterocycles. The van der Waals surface area contributed by atoms with E-state index in [9.17, 15) is 22.8 Å². The lowest BCUT2D eigenvalue weighted by Gasteiger charge is -2.09.